The van der Waals surface area contributed by atoms with Crippen LogP contribution in [0.5, 0.6) is 0 Å². The van der Waals surface area contributed by atoms with Crippen LogP contribution in [0.15, 0.2) is 5.29 Å². The topological polar surface area (TPSA) is 70.0 Å². The number of carbonyl (C=O) groups is 1. The average Bonchev–Trinajstić information content (AvgIpc) is 2.56. The fourth-order valence-corrected chi connectivity index (χ4v) is 2.77. The molecule has 0 amide bonds. The highest BCUT2D eigenvalue weighted by atomic mass is 16.4. The quantitative estimate of drug-likeness (QED) is 0.680. The smallest absolute Gasteiger partial charge is 0.328 e. The third-order valence-corrected chi connectivity index (χ3v) is 3.43. The second kappa shape index (κ2) is 3.55. The van der Waals surface area contributed by atoms with E-state index in [4.69, 9.17) is 5.11 Å². The second-order valence-corrected chi connectivity index (χ2v) is 4.16. The molecule has 0 spiro atoms. The number of rotatable bonds is 2. The van der Waals surface area contributed by atoms with E-state index < -0.39 is 12.0 Å². The molecular weight excluding hydrogens is 184 g/mol. The Morgan fingerprint density at radius 2 is 2.07 bits per heavy atom. The minimum Gasteiger partial charge on any atom is -0.480 e. The molecule has 0 radical (unpaired) electrons. The molecule has 1 N–H and O–H groups in total. The van der Waals surface area contributed by atoms with Crippen LogP contribution < -0.4 is 0 Å². The van der Waals surface area contributed by atoms with Crippen molar-refractivity contribution in [2.24, 2.45) is 11.2 Å². The van der Waals surface area contributed by atoms with Gasteiger partial charge in [-0.3, -0.25) is 0 Å². The molecule has 1 aliphatic heterocycles. The summed E-state index contributed by atoms with van der Waals surface area (Å²) in [5, 5.41) is 13.1. The van der Waals surface area contributed by atoms with E-state index in [1.807, 2.05) is 0 Å². The van der Waals surface area contributed by atoms with E-state index in [9.17, 15) is 9.70 Å². The van der Waals surface area contributed by atoms with Crippen LogP contribution in [0.3, 0.4) is 0 Å². The molecule has 5 nitrogen and oxygen atoms in total. The van der Waals surface area contributed by atoms with E-state index in [1.165, 1.54) is 5.01 Å². The van der Waals surface area contributed by atoms with Crippen molar-refractivity contribution >= 4 is 5.97 Å². The summed E-state index contributed by atoms with van der Waals surface area (Å²) < 4.78 is 0. The van der Waals surface area contributed by atoms with E-state index in [-0.39, 0.29) is 6.04 Å². The largest absolute Gasteiger partial charge is 0.480 e. The van der Waals surface area contributed by atoms with Crippen molar-refractivity contribution in [1.29, 1.82) is 0 Å². The summed E-state index contributed by atoms with van der Waals surface area (Å²) in [5.74, 6) is -0.554. The number of fused-ring (bicyclic) bond motifs is 1. The first kappa shape index (κ1) is 9.43. The maximum atomic E-state index is 10.9. The number of carboxylic acid groups (broad SMARTS) is 1. The normalized spacial score (nSPS) is 36.6. The molecule has 2 aliphatic rings. The molecule has 0 aromatic carbocycles. The van der Waals surface area contributed by atoms with E-state index in [0.29, 0.717) is 12.3 Å². The molecule has 0 bridgehead atoms. The van der Waals surface area contributed by atoms with Gasteiger partial charge in [0.05, 0.1) is 11.3 Å². The number of nitrogens with zero attached hydrogens (tertiary/aromatic N) is 2. The van der Waals surface area contributed by atoms with Crippen LogP contribution in [0.25, 0.3) is 0 Å². The fraction of sp³-hybridized carbons (Fsp3) is 0.889. The monoisotopic (exact) mass is 198 g/mol. The average molecular weight is 198 g/mol. The first-order valence-corrected chi connectivity index (χ1v) is 5.08. The lowest BCUT2D eigenvalue weighted by Gasteiger charge is -2.28. The van der Waals surface area contributed by atoms with Crippen molar-refractivity contribution in [1.82, 2.24) is 5.01 Å². The summed E-state index contributed by atoms with van der Waals surface area (Å²) in [4.78, 5) is 21.5. The predicted octanol–water partition coefficient (Wildman–Crippen LogP) is 1.39. The van der Waals surface area contributed by atoms with E-state index in [1.54, 1.807) is 0 Å². The van der Waals surface area contributed by atoms with Crippen LogP contribution in [0.1, 0.15) is 32.1 Å². The Morgan fingerprint density at radius 1 is 1.36 bits per heavy atom. The molecule has 0 unspecified atom stereocenters. The van der Waals surface area contributed by atoms with E-state index in [2.05, 4.69) is 5.29 Å². The Kier molecular flexibility index (Phi) is 2.39. The van der Waals surface area contributed by atoms with Crippen molar-refractivity contribution in [3.05, 3.63) is 4.91 Å². The number of hydrogen-bond donors (Lipinski definition) is 1. The molecule has 1 heterocycles. The molecule has 0 aromatic rings. The Balaban J connectivity index is 2.16. The van der Waals surface area contributed by atoms with Gasteiger partial charge in [0.1, 0.15) is 6.04 Å². The summed E-state index contributed by atoms with van der Waals surface area (Å²) in [6.07, 6.45) is 4.78. The Morgan fingerprint density at radius 3 is 2.71 bits per heavy atom. The van der Waals surface area contributed by atoms with Crippen LogP contribution in [-0.2, 0) is 4.79 Å². The van der Waals surface area contributed by atoms with Gasteiger partial charge in [-0.25, -0.2) is 9.80 Å². The summed E-state index contributed by atoms with van der Waals surface area (Å²) in [5.41, 5.74) is 0. The standard InChI is InChI=1S/C9H14N2O3/c12-9(13)8-5-6-3-1-2-4-7(6)11(8)10-14/h6-8H,1-5H2,(H,12,13)/t6-,7-,8-/m0/s1. The van der Waals surface area contributed by atoms with Gasteiger partial charge in [0.25, 0.3) is 0 Å². The van der Waals surface area contributed by atoms with Crippen LogP contribution >= 0.6 is 0 Å². The molecule has 14 heavy (non-hydrogen) atoms. The van der Waals surface area contributed by atoms with Crippen molar-refractivity contribution in [3.63, 3.8) is 0 Å². The van der Waals surface area contributed by atoms with Crippen LogP contribution in [0.2, 0.25) is 0 Å². The molecule has 1 saturated heterocycles. The summed E-state index contributed by atoms with van der Waals surface area (Å²) >= 11 is 0. The predicted molar refractivity (Wildman–Crippen MR) is 49.4 cm³/mol. The minimum absolute atomic E-state index is 0.0855. The van der Waals surface area contributed by atoms with Crippen molar-refractivity contribution < 1.29 is 9.90 Å². The zero-order valence-electron chi connectivity index (χ0n) is 7.93. The van der Waals surface area contributed by atoms with Gasteiger partial charge >= 0.3 is 5.97 Å². The first-order chi connectivity index (χ1) is 6.74. The van der Waals surface area contributed by atoms with Gasteiger partial charge in [-0.1, -0.05) is 12.8 Å². The van der Waals surface area contributed by atoms with Gasteiger partial charge in [0.15, 0.2) is 0 Å². The number of nitroso groups, excluding NO2 is 1. The summed E-state index contributed by atoms with van der Waals surface area (Å²) in [6, 6.07) is -0.594. The highest BCUT2D eigenvalue weighted by molar-refractivity contribution is 5.74. The van der Waals surface area contributed by atoms with Crippen molar-refractivity contribution in [2.45, 2.75) is 44.2 Å². The fourth-order valence-electron chi connectivity index (χ4n) is 2.77. The zero-order valence-corrected chi connectivity index (χ0v) is 7.93. The van der Waals surface area contributed by atoms with Gasteiger partial charge < -0.3 is 5.11 Å². The lowest BCUT2D eigenvalue weighted by atomic mass is 9.85. The third kappa shape index (κ3) is 1.36. The molecule has 2 rings (SSSR count). The molecule has 1 aliphatic carbocycles. The van der Waals surface area contributed by atoms with E-state index >= 15 is 0 Å². The lowest BCUT2D eigenvalue weighted by Crippen LogP contribution is -2.37. The zero-order chi connectivity index (χ0) is 10.1. The summed E-state index contributed by atoms with van der Waals surface area (Å²) in [6.45, 7) is 0. The molecule has 2 fully saturated rings. The molecule has 78 valence electrons. The van der Waals surface area contributed by atoms with Crippen LogP contribution in [-0.4, -0.2) is 28.2 Å². The molecule has 1 saturated carbocycles. The summed E-state index contributed by atoms with van der Waals surface area (Å²) in [7, 11) is 0. The van der Waals surface area contributed by atoms with Crippen molar-refractivity contribution in [2.75, 3.05) is 0 Å². The maximum Gasteiger partial charge on any atom is 0.328 e. The van der Waals surface area contributed by atoms with Crippen LogP contribution in [0, 0.1) is 10.8 Å². The Hall–Kier alpha value is -1.13. The van der Waals surface area contributed by atoms with Gasteiger partial charge in [-0.05, 0) is 25.2 Å². The first-order valence-electron chi connectivity index (χ1n) is 5.08. The van der Waals surface area contributed by atoms with E-state index in [0.717, 1.165) is 25.7 Å². The minimum atomic E-state index is -0.918. The number of hydrogen-bond acceptors (Lipinski definition) is 3. The molecule has 5 heteroatoms. The van der Waals surface area contributed by atoms with Gasteiger partial charge in [-0.15, -0.1) is 4.91 Å². The third-order valence-electron chi connectivity index (χ3n) is 3.43. The van der Waals surface area contributed by atoms with Gasteiger partial charge in [-0.2, -0.15) is 0 Å². The Labute approximate surface area is 82.0 Å². The maximum absolute atomic E-state index is 10.9. The number of carboxylic acids is 1. The lowest BCUT2D eigenvalue weighted by molar-refractivity contribution is -0.142. The van der Waals surface area contributed by atoms with Gasteiger partial charge in [0.2, 0.25) is 0 Å². The second-order valence-electron chi connectivity index (χ2n) is 4.16. The van der Waals surface area contributed by atoms with Crippen LogP contribution in [0.4, 0.5) is 0 Å². The number of aliphatic carboxylic acids is 1. The Bertz CT molecular complexity index is 256. The SMILES string of the molecule is O=NN1[C@H](C(=O)O)C[C@@H]2CCCC[C@@H]21. The molecule has 0 aromatic heterocycles. The molecular formula is C9H14N2O3. The highest BCUT2D eigenvalue weighted by Gasteiger charge is 2.45. The van der Waals surface area contributed by atoms with Gasteiger partial charge in [0, 0.05) is 0 Å². The van der Waals surface area contributed by atoms with Crippen molar-refractivity contribution in [3.8, 4) is 0 Å². The highest BCUT2D eigenvalue weighted by Crippen LogP contribution is 2.39. The molecule has 3 atom stereocenters.